The van der Waals surface area contributed by atoms with Crippen LogP contribution < -0.4 is 4.74 Å². The Balaban J connectivity index is 1.59. The lowest BCUT2D eigenvalue weighted by molar-refractivity contribution is -0.134. The molecule has 2 aromatic heterocycles. The van der Waals surface area contributed by atoms with Gasteiger partial charge < -0.3 is 14.1 Å². The monoisotopic (exact) mass is 300 g/mol. The molecule has 22 heavy (non-hydrogen) atoms. The number of carbonyl (C=O) groups excluding carboxylic acids is 1. The number of hydrogen-bond donors (Lipinski definition) is 0. The van der Waals surface area contributed by atoms with Crippen LogP contribution in [0.2, 0.25) is 0 Å². The van der Waals surface area contributed by atoms with E-state index in [1.165, 1.54) is 0 Å². The molecule has 2 heterocycles. The number of furan rings is 1. The van der Waals surface area contributed by atoms with E-state index < -0.39 is 0 Å². The van der Waals surface area contributed by atoms with Crippen LogP contribution in [0.3, 0.4) is 0 Å². The smallest absolute Gasteiger partial charge is 0.261 e. The lowest BCUT2D eigenvalue weighted by Crippen LogP contribution is -2.36. The fourth-order valence-corrected chi connectivity index (χ4v) is 2.31. The van der Waals surface area contributed by atoms with Crippen LogP contribution in [0.25, 0.3) is 0 Å². The van der Waals surface area contributed by atoms with Crippen molar-refractivity contribution in [2.45, 2.75) is 39.3 Å². The quantitative estimate of drug-likeness (QED) is 0.823. The predicted molar refractivity (Wildman–Crippen MR) is 81.5 cm³/mol. The standard InChI is InChI=1S/C17H20N2O3/c1-12-3-7-15(9-18-12)21-11-17(20)19(14-5-6-14)10-16-8-4-13(2)22-16/h3-4,7-9,14H,5-6,10-11H2,1-2H3. The fraction of sp³-hybridized carbons (Fsp3) is 0.412. The van der Waals surface area contributed by atoms with Gasteiger partial charge in [0.15, 0.2) is 6.61 Å². The minimum atomic E-state index is -0.0165. The molecule has 1 aliphatic rings. The zero-order valence-corrected chi connectivity index (χ0v) is 12.9. The number of amides is 1. The molecule has 0 N–H and O–H groups in total. The summed E-state index contributed by atoms with van der Waals surface area (Å²) in [6.45, 7) is 4.35. The molecule has 1 saturated carbocycles. The fourth-order valence-electron chi connectivity index (χ4n) is 2.31. The van der Waals surface area contributed by atoms with Gasteiger partial charge in [0.25, 0.3) is 5.91 Å². The third-order valence-electron chi connectivity index (χ3n) is 3.68. The average molecular weight is 300 g/mol. The second kappa shape index (κ2) is 6.22. The number of nitrogens with zero attached hydrogens (tertiary/aromatic N) is 2. The first-order valence-corrected chi connectivity index (χ1v) is 7.52. The maximum Gasteiger partial charge on any atom is 0.261 e. The molecule has 0 bridgehead atoms. The summed E-state index contributed by atoms with van der Waals surface area (Å²) in [6, 6.07) is 7.84. The van der Waals surface area contributed by atoms with E-state index in [9.17, 15) is 4.79 Å². The third kappa shape index (κ3) is 3.67. The molecule has 116 valence electrons. The van der Waals surface area contributed by atoms with Gasteiger partial charge in [0.1, 0.15) is 17.3 Å². The van der Waals surface area contributed by atoms with Crippen LogP contribution >= 0.6 is 0 Å². The molecule has 1 fully saturated rings. The molecule has 0 atom stereocenters. The van der Waals surface area contributed by atoms with Crippen molar-refractivity contribution in [1.82, 2.24) is 9.88 Å². The number of rotatable bonds is 6. The molecule has 5 nitrogen and oxygen atoms in total. The molecule has 0 saturated heterocycles. The topological polar surface area (TPSA) is 55.6 Å². The molecule has 2 aromatic rings. The summed E-state index contributed by atoms with van der Waals surface area (Å²) in [5.41, 5.74) is 0.923. The van der Waals surface area contributed by atoms with Crippen molar-refractivity contribution < 1.29 is 13.9 Å². The van der Waals surface area contributed by atoms with E-state index in [2.05, 4.69) is 4.98 Å². The molecule has 1 amide bonds. The molecule has 0 radical (unpaired) electrons. The van der Waals surface area contributed by atoms with Gasteiger partial charge in [-0.2, -0.15) is 0 Å². The molecule has 0 unspecified atom stereocenters. The Kier molecular flexibility index (Phi) is 4.13. The highest BCUT2D eigenvalue weighted by molar-refractivity contribution is 5.78. The Morgan fingerprint density at radius 2 is 2.14 bits per heavy atom. The van der Waals surface area contributed by atoms with E-state index in [1.54, 1.807) is 6.20 Å². The van der Waals surface area contributed by atoms with Gasteiger partial charge in [0.2, 0.25) is 0 Å². The lowest BCUT2D eigenvalue weighted by atomic mass is 10.3. The Bertz CT molecular complexity index is 644. The van der Waals surface area contributed by atoms with Gasteiger partial charge in [-0.05, 0) is 51.0 Å². The van der Waals surface area contributed by atoms with Crippen molar-refractivity contribution >= 4 is 5.91 Å². The highest BCUT2D eigenvalue weighted by Gasteiger charge is 2.33. The molecule has 0 aliphatic heterocycles. The Morgan fingerprint density at radius 1 is 1.32 bits per heavy atom. The van der Waals surface area contributed by atoms with Crippen LogP contribution in [0.1, 0.15) is 30.1 Å². The molecule has 1 aliphatic carbocycles. The van der Waals surface area contributed by atoms with Crippen molar-refractivity contribution in [3.8, 4) is 5.75 Å². The SMILES string of the molecule is Cc1ccc(OCC(=O)N(Cc2ccc(C)o2)C2CC2)cn1. The minimum Gasteiger partial charge on any atom is -0.482 e. The van der Waals surface area contributed by atoms with Crippen molar-refractivity contribution in [2.24, 2.45) is 0 Å². The van der Waals surface area contributed by atoms with E-state index in [0.29, 0.717) is 18.3 Å². The van der Waals surface area contributed by atoms with Crippen molar-refractivity contribution in [3.63, 3.8) is 0 Å². The van der Waals surface area contributed by atoms with Gasteiger partial charge in [0, 0.05) is 11.7 Å². The van der Waals surface area contributed by atoms with Gasteiger partial charge in [-0.3, -0.25) is 9.78 Å². The first-order valence-electron chi connectivity index (χ1n) is 7.52. The number of hydrogen-bond acceptors (Lipinski definition) is 4. The third-order valence-corrected chi connectivity index (χ3v) is 3.68. The van der Waals surface area contributed by atoms with Gasteiger partial charge in [-0.25, -0.2) is 0 Å². The van der Waals surface area contributed by atoms with Crippen molar-refractivity contribution in [1.29, 1.82) is 0 Å². The summed E-state index contributed by atoms with van der Waals surface area (Å²) >= 11 is 0. The summed E-state index contributed by atoms with van der Waals surface area (Å²) in [6.07, 6.45) is 3.75. The number of aryl methyl sites for hydroxylation is 2. The summed E-state index contributed by atoms with van der Waals surface area (Å²) in [5.74, 6) is 2.27. The summed E-state index contributed by atoms with van der Waals surface area (Å²) < 4.78 is 11.1. The Morgan fingerprint density at radius 3 is 2.73 bits per heavy atom. The zero-order valence-electron chi connectivity index (χ0n) is 12.9. The number of pyridine rings is 1. The van der Waals surface area contributed by atoms with Gasteiger partial charge in [0.05, 0.1) is 12.7 Å². The van der Waals surface area contributed by atoms with Crippen molar-refractivity contribution in [3.05, 3.63) is 47.7 Å². The van der Waals surface area contributed by atoms with E-state index in [-0.39, 0.29) is 12.5 Å². The number of ether oxygens (including phenoxy) is 1. The van der Waals surface area contributed by atoms with Crippen LogP contribution in [-0.2, 0) is 11.3 Å². The number of aromatic nitrogens is 1. The van der Waals surface area contributed by atoms with Crippen LogP contribution in [0.15, 0.2) is 34.9 Å². The minimum absolute atomic E-state index is 0.0165. The van der Waals surface area contributed by atoms with E-state index in [4.69, 9.17) is 9.15 Å². The van der Waals surface area contributed by atoms with E-state index >= 15 is 0 Å². The Hall–Kier alpha value is -2.30. The maximum atomic E-state index is 12.4. The summed E-state index contributed by atoms with van der Waals surface area (Å²) in [4.78, 5) is 18.4. The largest absolute Gasteiger partial charge is 0.482 e. The maximum absolute atomic E-state index is 12.4. The van der Waals surface area contributed by atoms with E-state index in [1.807, 2.05) is 43.0 Å². The average Bonchev–Trinajstić information content (AvgIpc) is 3.26. The Labute approximate surface area is 129 Å². The first kappa shape index (κ1) is 14.6. The second-order valence-electron chi connectivity index (χ2n) is 5.69. The van der Waals surface area contributed by atoms with Crippen molar-refractivity contribution in [2.75, 3.05) is 6.61 Å². The van der Waals surface area contributed by atoms with Gasteiger partial charge in [-0.15, -0.1) is 0 Å². The summed E-state index contributed by atoms with van der Waals surface area (Å²) in [7, 11) is 0. The van der Waals surface area contributed by atoms with Gasteiger partial charge in [-0.1, -0.05) is 0 Å². The van der Waals surface area contributed by atoms with Crippen LogP contribution in [0.5, 0.6) is 5.75 Å². The molecular weight excluding hydrogens is 280 g/mol. The van der Waals surface area contributed by atoms with E-state index in [0.717, 1.165) is 30.1 Å². The number of carbonyl (C=O) groups is 1. The lowest BCUT2D eigenvalue weighted by Gasteiger charge is -2.21. The molecule has 0 spiro atoms. The second-order valence-corrected chi connectivity index (χ2v) is 5.69. The molecular formula is C17H20N2O3. The van der Waals surface area contributed by atoms with Crippen LogP contribution in [0.4, 0.5) is 0 Å². The first-order chi connectivity index (χ1) is 10.6. The molecule has 5 heteroatoms. The highest BCUT2D eigenvalue weighted by Crippen LogP contribution is 2.29. The predicted octanol–water partition coefficient (Wildman–Crippen LogP) is 2.86. The highest BCUT2D eigenvalue weighted by atomic mass is 16.5. The normalized spacial score (nSPS) is 13.9. The molecule has 0 aromatic carbocycles. The zero-order chi connectivity index (χ0) is 15.5. The van der Waals surface area contributed by atoms with Crippen LogP contribution in [0, 0.1) is 13.8 Å². The van der Waals surface area contributed by atoms with Crippen LogP contribution in [-0.4, -0.2) is 28.4 Å². The molecule has 3 rings (SSSR count). The van der Waals surface area contributed by atoms with Gasteiger partial charge >= 0.3 is 0 Å². The summed E-state index contributed by atoms with van der Waals surface area (Å²) in [5, 5.41) is 0.